The SMILES string of the molecule is O=S(=O)(c1ccccc1Cl)N1CCC(N2CCC(Oc3ccncc3)CC2)CC1. The Balaban J connectivity index is 1.29. The molecule has 1 aromatic carbocycles. The van der Waals surface area contributed by atoms with Crippen molar-refractivity contribution in [2.45, 2.75) is 42.7 Å². The van der Waals surface area contributed by atoms with Crippen LogP contribution < -0.4 is 4.74 Å². The summed E-state index contributed by atoms with van der Waals surface area (Å²) in [6.45, 7) is 3.03. The Hall–Kier alpha value is -1.67. The Labute approximate surface area is 177 Å². The maximum absolute atomic E-state index is 12.9. The van der Waals surface area contributed by atoms with Gasteiger partial charge in [0.15, 0.2) is 0 Å². The predicted molar refractivity (Wildman–Crippen MR) is 113 cm³/mol. The van der Waals surface area contributed by atoms with Crippen LogP contribution in [0.4, 0.5) is 0 Å². The number of piperidine rings is 2. The molecular weight excluding hydrogens is 410 g/mol. The third-order valence-corrected chi connectivity index (χ3v) is 8.22. The molecule has 0 bridgehead atoms. The van der Waals surface area contributed by atoms with Crippen LogP contribution >= 0.6 is 11.6 Å². The standard InChI is InChI=1S/C21H26ClN3O3S/c22-20-3-1-2-4-21(20)29(26,27)25-15-7-17(8-16-25)24-13-9-19(10-14-24)28-18-5-11-23-12-6-18/h1-6,11-12,17,19H,7-10,13-16H2. The first kappa shape index (κ1) is 20.6. The van der Waals surface area contributed by atoms with Crippen molar-refractivity contribution < 1.29 is 13.2 Å². The number of ether oxygens (including phenoxy) is 1. The zero-order valence-electron chi connectivity index (χ0n) is 16.3. The minimum atomic E-state index is -3.53. The molecule has 0 spiro atoms. The number of hydrogen-bond acceptors (Lipinski definition) is 5. The number of sulfonamides is 1. The van der Waals surface area contributed by atoms with Crippen LogP contribution in [0.3, 0.4) is 0 Å². The van der Waals surface area contributed by atoms with Crippen molar-refractivity contribution in [2.75, 3.05) is 26.2 Å². The minimum Gasteiger partial charge on any atom is -0.490 e. The summed E-state index contributed by atoms with van der Waals surface area (Å²) in [5.74, 6) is 0.872. The number of halogens is 1. The molecule has 156 valence electrons. The van der Waals surface area contributed by atoms with E-state index in [4.69, 9.17) is 16.3 Å². The monoisotopic (exact) mass is 435 g/mol. The zero-order chi connectivity index (χ0) is 20.3. The highest BCUT2D eigenvalue weighted by Crippen LogP contribution is 2.29. The molecular formula is C21H26ClN3O3S. The van der Waals surface area contributed by atoms with Crippen molar-refractivity contribution in [3.8, 4) is 5.75 Å². The molecule has 2 aromatic rings. The smallest absolute Gasteiger partial charge is 0.244 e. The van der Waals surface area contributed by atoms with Gasteiger partial charge in [-0.15, -0.1) is 0 Å². The van der Waals surface area contributed by atoms with E-state index in [0.29, 0.717) is 19.1 Å². The second-order valence-corrected chi connectivity index (χ2v) is 9.92. The molecule has 2 fully saturated rings. The first-order chi connectivity index (χ1) is 14.0. The fourth-order valence-electron chi connectivity index (χ4n) is 4.21. The number of pyridine rings is 1. The lowest BCUT2D eigenvalue weighted by atomic mass is 10.00. The van der Waals surface area contributed by atoms with E-state index >= 15 is 0 Å². The van der Waals surface area contributed by atoms with Crippen LogP contribution in [0.25, 0.3) is 0 Å². The summed E-state index contributed by atoms with van der Waals surface area (Å²) in [4.78, 5) is 6.71. The summed E-state index contributed by atoms with van der Waals surface area (Å²) in [5.41, 5.74) is 0. The van der Waals surface area contributed by atoms with Crippen LogP contribution in [0.15, 0.2) is 53.7 Å². The molecule has 4 rings (SSSR count). The van der Waals surface area contributed by atoms with E-state index < -0.39 is 10.0 Å². The van der Waals surface area contributed by atoms with Gasteiger partial charge in [0, 0.05) is 44.6 Å². The molecule has 1 aromatic heterocycles. The van der Waals surface area contributed by atoms with Crippen molar-refractivity contribution >= 4 is 21.6 Å². The third-order valence-electron chi connectivity index (χ3n) is 5.82. The summed E-state index contributed by atoms with van der Waals surface area (Å²) in [6, 6.07) is 10.9. The van der Waals surface area contributed by atoms with Crippen LogP contribution in [0, 0.1) is 0 Å². The Kier molecular flexibility index (Phi) is 6.39. The molecule has 3 heterocycles. The van der Waals surface area contributed by atoms with E-state index in [2.05, 4.69) is 9.88 Å². The molecule has 2 aliphatic heterocycles. The van der Waals surface area contributed by atoms with Gasteiger partial charge in [-0.2, -0.15) is 4.31 Å². The van der Waals surface area contributed by atoms with Gasteiger partial charge >= 0.3 is 0 Å². The molecule has 0 amide bonds. The van der Waals surface area contributed by atoms with Gasteiger partial charge in [-0.05, 0) is 49.9 Å². The lowest BCUT2D eigenvalue weighted by molar-refractivity contribution is 0.0585. The molecule has 29 heavy (non-hydrogen) atoms. The van der Waals surface area contributed by atoms with Gasteiger partial charge in [0.1, 0.15) is 16.7 Å². The topological polar surface area (TPSA) is 62.7 Å². The fraction of sp³-hybridized carbons (Fsp3) is 0.476. The van der Waals surface area contributed by atoms with Crippen LogP contribution in [0.1, 0.15) is 25.7 Å². The van der Waals surface area contributed by atoms with Gasteiger partial charge in [0.05, 0.1) is 5.02 Å². The number of hydrogen-bond donors (Lipinski definition) is 0. The highest BCUT2D eigenvalue weighted by molar-refractivity contribution is 7.89. The Morgan fingerprint density at radius 3 is 2.24 bits per heavy atom. The zero-order valence-corrected chi connectivity index (χ0v) is 17.9. The highest BCUT2D eigenvalue weighted by atomic mass is 35.5. The number of benzene rings is 1. The maximum Gasteiger partial charge on any atom is 0.244 e. The molecule has 0 radical (unpaired) electrons. The average molecular weight is 436 g/mol. The van der Waals surface area contributed by atoms with Gasteiger partial charge in [0.2, 0.25) is 10.0 Å². The predicted octanol–water partition coefficient (Wildman–Crippen LogP) is 3.43. The van der Waals surface area contributed by atoms with E-state index in [-0.39, 0.29) is 16.0 Å². The number of nitrogens with zero attached hydrogens (tertiary/aromatic N) is 3. The Morgan fingerprint density at radius 1 is 0.931 bits per heavy atom. The molecule has 0 aliphatic carbocycles. The number of rotatable bonds is 5. The molecule has 0 unspecified atom stereocenters. The quantitative estimate of drug-likeness (QED) is 0.720. The van der Waals surface area contributed by atoms with E-state index in [1.165, 1.54) is 0 Å². The van der Waals surface area contributed by atoms with Crippen LogP contribution in [-0.4, -0.2) is 60.9 Å². The largest absolute Gasteiger partial charge is 0.490 e. The minimum absolute atomic E-state index is 0.203. The number of likely N-dealkylation sites (tertiary alicyclic amines) is 1. The summed E-state index contributed by atoms with van der Waals surface area (Å²) in [7, 11) is -3.53. The second kappa shape index (κ2) is 9.00. The first-order valence-electron chi connectivity index (χ1n) is 10.1. The van der Waals surface area contributed by atoms with Crippen molar-refractivity contribution in [1.82, 2.24) is 14.2 Å². The van der Waals surface area contributed by atoms with Crippen molar-refractivity contribution in [2.24, 2.45) is 0 Å². The number of aromatic nitrogens is 1. The molecule has 2 aliphatic rings. The van der Waals surface area contributed by atoms with Gasteiger partial charge < -0.3 is 9.64 Å². The van der Waals surface area contributed by atoms with E-state index in [9.17, 15) is 8.42 Å². The molecule has 6 nitrogen and oxygen atoms in total. The summed E-state index contributed by atoms with van der Waals surface area (Å²) in [5, 5.41) is 0.283. The van der Waals surface area contributed by atoms with Crippen molar-refractivity contribution in [3.05, 3.63) is 53.8 Å². The lowest BCUT2D eigenvalue weighted by Gasteiger charge is -2.41. The van der Waals surface area contributed by atoms with E-state index in [0.717, 1.165) is 44.5 Å². The maximum atomic E-state index is 12.9. The Bertz CT molecular complexity index is 910. The van der Waals surface area contributed by atoms with Crippen LogP contribution in [-0.2, 0) is 10.0 Å². The van der Waals surface area contributed by atoms with Gasteiger partial charge in [-0.25, -0.2) is 8.42 Å². The molecule has 8 heteroatoms. The van der Waals surface area contributed by atoms with Gasteiger partial charge in [-0.3, -0.25) is 4.98 Å². The molecule has 0 N–H and O–H groups in total. The highest BCUT2D eigenvalue weighted by Gasteiger charge is 2.34. The van der Waals surface area contributed by atoms with Crippen molar-refractivity contribution in [3.63, 3.8) is 0 Å². The van der Waals surface area contributed by atoms with Crippen LogP contribution in [0.5, 0.6) is 5.75 Å². The van der Waals surface area contributed by atoms with Crippen molar-refractivity contribution in [1.29, 1.82) is 0 Å². The fourth-order valence-corrected chi connectivity index (χ4v) is 6.17. The lowest BCUT2D eigenvalue weighted by Crippen LogP contribution is -2.50. The average Bonchev–Trinajstić information content (AvgIpc) is 2.75. The summed E-state index contributed by atoms with van der Waals surface area (Å²) >= 11 is 6.12. The molecule has 2 saturated heterocycles. The normalized spacial score (nSPS) is 20.6. The Morgan fingerprint density at radius 2 is 1.59 bits per heavy atom. The first-order valence-corrected chi connectivity index (χ1v) is 11.9. The van der Waals surface area contributed by atoms with E-state index in [1.807, 2.05) is 12.1 Å². The van der Waals surface area contributed by atoms with E-state index in [1.54, 1.807) is 41.0 Å². The van der Waals surface area contributed by atoms with Gasteiger partial charge in [0.25, 0.3) is 0 Å². The van der Waals surface area contributed by atoms with Crippen LogP contribution in [0.2, 0.25) is 5.02 Å². The molecule has 0 saturated carbocycles. The summed E-state index contributed by atoms with van der Waals surface area (Å²) < 4.78 is 33.4. The molecule has 0 atom stereocenters. The van der Waals surface area contributed by atoms with Gasteiger partial charge in [-0.1, -0.05) is 23.7 Å². The third kappa shape index (κ3) is 4.74. The second-order valence-electron chi connectivity index (χ2n) is 7.60. The summed E-state index contributed by atoms with van der Waals surface area (Å²) in [6.07, 6.45) is 7.39.